The Morgan fingerprint density at radius 3 is 2.81 bits per heavy atom. The van der Waals surface area contributed by atoms with E-state index in [2.05, 4.69) is 16.9 Å². The molecule has 0 spiro atoms. The molecule has 1 N–H and O–H groups in total. The second-order valence-corrected chi connectivity index (χ2v) is 3.28. The van der Waals surface area contributed by atoms with E-state index in [0.717, 1.165) is 11.3 Å². The van der Waals surface area contributed by atoms with Gasteiger partial charge in [0.1, 0.15) is 0 Å². The number of aliphatic hydroxyl groups excluding tert-OH is 1. The molecule has 3 heteroatoms. The first kappa shape index (κ1) is 10.5. The highest BCUT2D eigenvalue weighted by atomic mass is 16.2. The average molecular weight is 212 g/mol. The molecule has 3 nitrogen and oxygen atoms in total. The predicted octanol–water partition coefficient (Wildman–Crippen LogP) is 1.61. The SMILES string of the molecule is OCCC#Cc1cnn(-c2ccccc2)c1. The van der Waals surface area contributed by atoms with Gasteiger partial charge in [-0.25, -0.2) is 4.68 Å². The van der Waals surface area contributed by atoms with Crippen LogP contribution in [0.1, 0.15) is 12.0 Å². The van der Waals surface area contributed by atoms with Gasteiger partial charge in [0.05, 0.1) is 24.1 Å². The molecule has 0 fully saturated rings. The summed E-state index contributed by atoms with van der Waals surface area (Å²) in [6, 6.07) is 9.87. The van der Waals surface area contributed by atoms with Gasteiger partial charge >= 0.3 is 0 Å². The summed E-state index contributed by atoms with van der Waals surface area (Å²) >= 11 is 0. The predicted molar refractivity (Wildman–Crippen MR) is 62.1 cm³/mol. The zero-order valence-electron chi connectivity index (χ0n) is 8.80. The van der Waals surface area contributed by atoms with Gasteiger partial charge in [-0.05, 0) is 12.1 Å². The monoisotopic (exact) mass is 212 g/mol. The molecule has 1 aromatic carbocycles. The van der Waals surface area contributed by atoms with Gasteiger partial charge in [0.15, 0.2) is 0 Å². The molecule has 0 aliphatic carbocycles. The Labute approximate surface area is 94.3 Å². The Hall–Kier alpha value is -2.05. The molecule has 2 rings (SSSR count). The largest absolute Gasteiger partial charge is 0.395 e. The molecular weight excluding hydrogens is 200 g/mol. The van der Waals surface area contributed by atoms with E-state index < -0.39 is 0 Å². The Kier molecular flexibility index (Phi) is 3.37. The Morgan fingerprint density at radius 2 is 2.06 bits per heavy atom. The third kappa shape index (κ3) is 2.50. The maximum absolute atomic E-state index is 8.60. The lowest BCUT2D eigenvalue weighted by molar-refractivity contribution is 0.305. The fourth-order valence-corrected chi connectivity index (χ4v) is 1.33. The normalized spacial score (nSPS) is 9.56. The summed E-state index contributed by atoms with van der Waals surface area (Å²) in [6.07, 6.45) is 4.09. The molecule has 80 valence electrons. The lowest BCUT2D eigenvalue weighted by Crippen LogP contribution is -1.92. The maximum Gasteiger partial charge on any atom is 0.0651 e. The quantitative estimate of drug-likeness (QED) is 0.768. The van der Waals surface area contributed by atoms with Gasteiger partial charge < -0.3 is 5.11 Å². The lowest BCUT2D eigenvalue weighted by atomic mass is 10.3. The first-order valence-corrected chi connectivity index (χ1v) is 5.10. The first-order valence-electron chi connectivity index (χ1n) is 5.10. The zero-order valence-corrected chi connectivity index (χ0v) is 8.80. The van der Waals surface area contributed by atoms with Crippen LogP contribution in [-0.4, -0.2) is 21.5 Å². The number of benzene rings is 1. The summed E-state index contributed by atoms with van der Waals surface area (Å²) in [6.45, 7) is 0.0970. The van der Waals surface area contributed by atoms with Crippen molar-refractivity contribution in [3.63, 3.8) is 0 Å². The summed E-state index contributed by atoms with van der Waals surface area (Å²) in [5.41, 5.74) is 1.87. The van der Waals surface area contributed by atoms with Crippen molar-refractivity contribution < 1.29 is 5.11 Å². The van der Waals surface area contributed by atoms with E-state index >= 15 is 0 Å². The highest BCUT2D eigenvalue weighted by Crippen LogP contribution is 2.06. The third-order valence-electron chi connectivity index (χ3n) is 2.07. The molecule has 0 aliphatic heterocycles. The van der Waals surface area contributed by atoms with Crippen LogP contribution in [0.25, 0.3) is 5.69 Å². The van der Waals surface area contributed by atoms with Crippen molar-refractivity contribution in [1.29, 1.82) is 0 Å². The van der Waals surface area contributed by atoms with E-state index in [1.54, 1.807) is 10.9 Å². The minimum Gasteiger partial charge on any atom is -0.395 e. The summed E-state index contributed by atoms with van der Waals surface area (Å²) < 4.78 is 1.78. The molecule has 0 atom stereocenters. The standard InChI is InChI=1S/C13H12N2O/c16-9-5-4-6-12-10-14-15(11-12)13-7-2-1-3-8-13/h1-3,7-8,10-11,16H,5,9H2. The van der Waals surface area contributed by atoms with Crippen molar-refractivity contribution in [2.24, 2.45) is 0 Å². The van der Waals surface area contributed by atoms with Gasteiger partial charge in [-0.15, -0.1) is 0 Å². The number of rotatable bonds is 2. The summed E-state index contributed by atoms with van der Waals surface area (Å²) in [5.74, 6) is 5.81. The molecule has 0 amide bonds. The van der Waals surface area contributed by atoms with Gasteiger partial charge in [0.2, 0.25) is 0 Å². The van der Waals surface area contributed by atoms with E-state index in [9.17, 15) is 0 Å². The van der Waals surface area contributed by atoms with E-state index in [-0.39, 0.29) is 6.61 Å². The van der Waals surface area contributed by atoms with Crippen molar-refractivity contribution in [2.45, 2.75) is 6.42 Å². The van der Waals surface area contributed by atoms with Gasteiger partial charge in [0.25, 0.3) is 0 Å². The molecule has 0 radical (unpaired) electrons. The van der Waals surface area contributed by atoms with Crippen LogP contribution in [0.2, 0.25) is 0 Å². The van der Waals surface area contributed by atoms with Gasteiger partial charge in [-0.1, -0.05) is 30.0 Å². The van der Waals surface area contributed by atoms with Gasteiger partial charge in [-0.2, -0.15) is 5.10 Å². The van der Waals surface area contributed by atoms with Crippen LogP contribution in [0.5, 0.6) is 0 Å². The van der Waals surface area contributed by atoms with Crippen molar-refractivity contribution in [1.82, 2.24) is 9.78 Å². The van der Waals surface area contributed by atoms with Crippen LogP contribution >= 0.6 is 0 Å². The summed E-state index contributed by atoms with van der Waals surface area (Å²) in [4.78, 5) is 0. The van der Waals surface area contributed by atoms with Crippen LogP contribution in [0, 0.1) is 11.8 Å². The van der Waals surface area contributed by atoms with Crippen molar-refractivity contribution in [3.8, 4) is 17.5 Å². The van der Waals surface area contributed by atoms with Crippen LogP contribution in [0.4, 0.5) is 0 Å². The summed E-state index contributed by atoms with van der Waals surface area (Å²) in [7, 11) is 0. The number of nitrogens with zero attached hydrogens (tertiary/aromatic N) is 2. The number of hydrogen-bond donors (Lipinski definition) is 1. The second kappa shape index (κ2) is 5.15. The lowest BCUT2D eigenvalue weighted by Gasteiger charge is -1.98. The molecule has 0 unspecified atom stereocenters. The van der Waals surface area contributed by atoms with Crippen LogP contribution in [0.3, 0.4) is 0 Å². The highest BCUT2D eigenvalue weighted by Gasteiger charge is 1.96. The molecule has 1 aromatic heterocycles. The summed E-state index contributed by atoms with van der Waals surface area (Å²) in [5, 5.41) is 12.8. The van der Waals surface area contributed by atoms with Crippen LogP contribution in [0.15, 0.2) is 42.7 Å². The van der Waals surface area contributed by atoms with Crippen molar-refractivity contribution in [3.05, 3.63) is 48.3 Å². The van der Waals surface area contributed by atoms with Gasteiger partial charge in [0, 0.05) is 12.6 Å². The maximum atomic E-state index is 8.60. The topological polar surface area (TPSA) is 38.1 Å². The fraction of sp³-hybridized carbons (Fsp3) is 0.154. The number of para-hydroxylation sites is 1. The zero-order chi connectivity index (χ0) is 11.2. The molecule has 0 saturated heterocycles. The molecule has 0 aliphatic rings. The number of aliphatic hydroxyl groups is 1. The van der Waals surface area contributed by atoms with Crippen LogP contribution in [-0.2, 0) is 0 Å². The van der Waals surface area contributed by atoms with E-state index in [1.165, 1.54) is 0 Å². The molecule has 2 aromatic rings. The minimum atomic E-state index is 0.0970. The second-order valence-electron chi connectivity index (χ2n) is 3.28. The number of hydrogen-bond acceptors (Lipinski definition) is 2. The fourth-order valence-electron chi connectivity index (χ4n) is 1.33. The third-order valence-corrected chi connectivity index (χ3v) is 2.07. The van der Waals surface area contributed by atoms with Crippen molar-refractivity contribution >= 4 is 0 Å². The van der Waals surface area contributed by atoms with Gasteiger partial charge in [-0.3, -0.25) is 0 Å². The highest BCUT2D eigenvalue weighted by molar-refractivity contribution is 5.35. The molecule has 16 heavy (non-hydrogen) atoms. The smallest absolute Gasteiger partial charge is 0.0651 e. The first-order chi connectivity index (χ1) is 7.90. The van der Waals surface area contributed by atoms with Crippen LogP contribution < -0.4 is 0 Å². The Bertz CT molecular complexity index is 505. The molecule has 0 saturated carbocycles. The minimum absolute atomic E-state index is 0.0970. The molecule has 1 heterocycles. The average Bonchev–Trinajstić information content (AvgIpc) is 2.79. The van der Waals surface area contributed by atoms with E-state index in [0.29, 0.717) is 6.42 Å². The molecular formula is C13H12N2O. The van der Waals surface area contributed by atoms with E-state index in [1.807, 2.05) is 36.5 Å². The molecule has 0 bridgehead atoms. The Balaban J connectivity index is 2.18. The number of aromatic nitrogens is 2. The Morgan fingerprint density at radius 1 is 1.25 bits per heavy atom. The van der Waals surface area contributed by atoms with Crippen molar-refractivity contribution in [2.75, 3.05) is 6.61 Å². The van der Waals surface area contributed by atoms with E-state index in [4.69, 9.17) is 5.11 Å².